The second-order valence-corrected chi connectivity index (χ2v) is 5.82. The lowest BCUT2D eigenvalue weighted by atomic mass is 10.1. The van der Waals surface area contributed by atoms with Gasteiger partial charge < -0.3 is 15.1 Å². The van der Waals surface area contributed by atoms with Crippen LogP contribution in [0.1, 0.15) is 11.7 Å². The number of aliphatic hydroxyl groups excluding tert-OH is 2. The summed E-state index contributed by atoms with van der Waals surface area (Å²) >= 11 is 3.37. The van der Waals surface area contributed by atoms with Crippen LogP contribution in [0.15, 0.2) is 28.7 Å². The third kappa shape index (κ3) is 4.02. The van der Waals surface area contributed by atoms with Gasteiger partial charge >= 0.3 is 0 Å². The zero-order chi connectivity index (χ0) is 14.5. The van der Waals surface area contributed by atoms with Crippen LogP contribution in [0, 0.1) is 0 Å². The molecular weight excluding hydrogens is 324 g/mol. The molecule has 1 unspecified atom stereocenters. The van der Waals surface area contributed by atoms with Crippen molar-refractivity contribution in [1.82, 2.24) is 9.80 Å². The highest BCUT2D eigenvalue weighted by atomic mass is 79.9. The van der Waals surface area contributed by atoms with E-state index < -0.39 is 12.7 Å². The van der Waals surface area contributed by atoms with Gasteiger partial charge in [0, 0.05) is 37.2 Å². The number of carbonyl (C=O) groups is 1. The average molecular weight is 343 g/mol. The third-order valence-electron chi connectivity index (χ3n) is 3.55. The monoisotopic (exact) mass is 342 g/mol. The number of benzene rings is 1. The molecule has 1 fully saturated rings. The second kappa shape index (κ2) is 7.17. The number of halogens is 1. The number of hydrogen-bond donors (Lipinski definition) is 2. The van der Waals surface area contributed by atoms with E-state index in [1.165, 1.54) is 0 Å². The molecule has 2 rings (SSSR count). The molecule has 1 heterocycles. The van der Waals surface area contributed by atoms with Crippen molar-refractivity contribution in [2.45, 2.75) is 6.10 Å². The Morgan fingerprint density at radius 3 is 2.35 bits per heavy atom. The molecule has 0 aliphatic carbocycles. The van der Waals surface area contributed by atoms with Crippen LogP contribution < -0.4 is 0 Å². The van der Waals surface area contributed by atoms with E-state index in [4.69, 9.17) is 5.11 Å². The molecule has 2 N–H and O–H groups in total. The van der Waals surface area contributed by atoms with E-state index in [1.54, 1.807) is 4.90 Å². The Hall–Kier alpha value is -0.950. The lowest BCUT2D eigenvalue weighted by Crippen LogP contribution is -2.50. The summed E-state index contributed by atoms with van der Waals surface area (Å²) in [5.74, 6) is -0.224. The fourth-order valence-electron chi connectivity index (χ4n) is 2.31. The number of hydrogen-bond acceptors (Lipinski definition) is 4. The summed E-state index contributed by atoms with van der Waals surface area (Å²) in [5, 5.41) is 19.0. The van der Waals surface area contributed by atoms with Crippen molar-refractivity contribution in [1.29, 1.82) is 0 Å². The number of piperazine rings is 1. The van der Waals surface area contributed by atoms with Crippen LogP contribution >= 0.6 is 15.9 Å². The average Bonchev–Trinajstić information content (AvgIpc) is 2.48. The molecule has 6 heteroatoms. The Balaban J connectivity index is 1.83. The summed E-state index contributed by atoms with van der Waals surface area (Å²) in [6.07, 6.45) is -0.525. The molecule has 20 heavy (non-hydrogen) atoms. The van der Waals surface area contributed by atoms with Gasteiger partial charge in [0.25, 0.3) is 0 Å². The minimum Gasteiger partial charge on any atom is -0.387 e. The molecule has 0 saturated carbocycles. The quantitative estimate of drug-likeness (QED) is 0.841. The standard InChI is InChI=1S/C14H19BrN2O3/c15-12-3-1-11(2-4-12)13(19)9-16-5-7-17(8-6-16)14(20)10-18/h1-4,13,18-19H,5-10H2. The fraction of sp³-hybridized carbons (Fsp3) is 0.500. The van der Waals surface area contributed by atoms with Gasteiger partial charge in [-0.25, -0.2) is 0 Å². The predicted octanol–water partition coefficient (Wildman–Crippen LogP) is 0.619. The summed E-state index contributed by atoms with van der Waals surface area (Å²) in [7, 11) is 0. The van der Waals surface area contributed by atoms with E-state index in [9.17, 15) is 9.90 Å². The summed E-state index contributed by atoms with van der Waals surface area (Å²) < 4.78 is 0.990. The van der Waals surface area contributed by atoms with Crippen molar-refractivity contribution < 1.29 is 15.0 Å². The number of rotatable bonds is 4. The molecule has 0 bridgehead atoms. The molecule has 0 radical (unpaired) electrons. The van der Waals surface area contributed by atoms with Gasteiger partial charge in [-0.05, 0) is 17.7 Å². The van der Waals surface area contributed by atoms with Crippen molar-refractivity contribution in [3.8, 4) is 0 Å². The van der Waals surface area contributed by atoms with Crippen LogP contribution in [0.4, 0.5) is 0 Å². The number of nitrogens with zero attached hydrogens (tertiary/aromatic N) is 2. The van der Waals surface area contributed by atoms with Gasteiger partial charge in [0.1, 0.15) is 6.61 Å². The maximum absolute atomic E-state index is 11.4. The van der Waals surface area contributed by atoms with Crippen molar-refractivity contribution in [3.63, 3.8) is 0 Å². The maximum atomic E-state index is 11.4. The number of aliphatic hydroxyl groups is 2. The van der Waals surface area contributed by atoms with Crippen molar-refractivity contribution in [2.24, 2.45) is 0 Å². The van der Waals surface area contributed by atoms with Crippen molar-refractivity contribution in [3.05, 3.63) is 34.3 Å². The van der Waals surface area contributed by atoms with Gasteiger partial charge in [-0.3, -0.25) is 9.69 Å². The number of β-amino-alcohol motifs (C(OH)–C–C–N with tert-alkyl or cyclic N) is 1. The molecule has 1 aromatic rings. The molecule has 1 aromatic carbocycles. The molecule has 1 aliphatic rings. The van der Waals surface area contributed by atoms with Gasteiger partial charge in [0.2, 0.25) is 5.91 Å². The summed E-state index contributed by atoms with van der Waals surface area (Å²) in [4.78, 5) is 15.1. The van der Waals surface area contributed by atoms with Crippen LogP contribution in [0.2, 0.25) is 0 Å². The minimum atomic E-state index is -0.525. The van der Waals surface area contributed by atoms with E-state index in [0.717, 1.165) is 23.1 Å². The Kier molecular flexibility index (Phi) is 5.54. The Bertz CT molecular complexity index is 444. The molecule has 1 amide bonds. The maximum Gasteiger partial charge on any atom is 0.248 e. The first-order valence-corrected chi connectivity index (χ1v) is 7.44. The normalized spacial score (nSPS) is 18.1. The van der Waals surface area contributed by atoms with Crippen molar-refractivity contribution in [2.75, 3.05) is 39.3 Å². The summed E-state index contributed by atoms with van der Waals surface area (Å²) in [6.45, 7) is 2.78. The van der Waals surface area contributed by atoms with Gasteiger partial charge in [-0.2, -0.15) is 0 Å². The second-order valence-electron chi connectivity index (χ2n) is 4.91. The highest BCUT2D eigenvalue weighted by Gasteiger charge is 2.22. The van der Waals surface area contributed by atoms with Crippen LogP contribution in [-0.4, -0.2) is 65.3 Å². The Morgan fingerprint density at radius 2 is 1.80 bits per heavy atom. The molecule has 5 nitrogen and oxygen atoms in total. The summed E-state index contributed by atoms with van der Waals surface area (Å²) in [5.41, 5.74) is 0.891. The molecule has 1 saturated heterocycles. The Labute approximate surface area is 126 Å². The molecule has 0 spiro atoms. The van der Waals surface area contributed by atoms with E-state index in [1.807, 2.05) is 24.3 Å². The third-order valence-corrected chi connectivity index (χ3v) is 4.07. The van der Waals surface area contributed by atoms with Gasteiger partial charge in [-0.15, -0.1) is 0 Å². The molecular formula is C14H19BrN2O3. The van der Waals surface area contributed by atoms with E-state index in [0.29, 0.717) is 19.6 Å². The first-order chi connectivity index (χ1) is 9.60. The lowest BCUT2D eigenvalue weighted by Gasteiger charge is -2.35. The fourth-order valence-corrected chi connectivity index (χ4v) is 2.58. The lowest BCUT2D eigenvalue weighted by molar-refractivity contribution is -0.136. The van der Waals surface area contributed by atoms with Gasteiger partial charge in [0.05, 0.1) is 6.10 Å². The first kappa shape index (κ1) is 15.4. The predicted molar refractivity (Wildman–Crippen MR) is 79.2 cm³/mol. The SMILES string of the molecule is O=C(CO)N1CCN(CC(O)c2ccc(Br)cc2)CC1. The van der Waals surface area contributed by atoms with E-state index in [-0.39, 0.29) is 5.91 Å². The van der Waals surface area contributed by atoms with E-state index in [2.05, 4.69) is 20.8 Å². The van der Waals surface area contributed by atoms with Crippen LogP contribution in [0.5, 0.6) is 0 Å². The number of carbonyl (C=O) groups excluding carboxylic acids is 1. The zero-order valence-corrected chi connectivity index (χ0v) is 12.8. The van der Waals surface area contributed by atoms with Gasteiger partial charge in [0.15, 0.2) is 0 Å². The topological polar surface area (TPSA) is 64.0 Å². The minimum absolute atomic E-state index is 0.224. The van der Waals surface area contributed by atoms with E-state index >= 15 is 0 Å². The largest absolute Gasteiger partial charge is 0.387 e. The smallest absolute Gasteiger partial charge is 0.248 e. The van der Waals surface area contributed by atoms with Gasteiger partial charge in [-0.1, -0.05) is 28.1 Å². The highest BCUT2D eigenvalue weighted by Crippen LogP contribution is 2.18. The molecule has 1 aliphatic heterocycles. The van der Waals surface area contributed by atoms with Crippen LogP contribution in [0.3, 0.4) is 0 Å². The highest BCUT2D eigenvalue weighted by molar-refractivity contribution is 9.10. The Morgan fingerprint density at radius 1 is 1.20 bits per heavy atom. The first-order valence-electron chi connectivity index (χ1n) is 6.64. The van der Waals surface area contributed by atoms with Crippen LogP contribution in [0.25, 0.3) is 0 Å². The van der Waals surface area contributed by atoms with Crippen molar-refractivity contribution >= 4 is 21.8 Å². The zero-order valence-electron chi connectivity index (χ0n) is 11.2. The van der Waals surface area contributed by atoms with Crippen LogP contribution in [-0.2, 0) is 4.79 Å². The summed E-state index contributed by atoms with van der Waals surface area (Å²) in [6, 6.07) is 7.63. The molecule has 1 atom stereocenters. The molecule has 0 aromatic heterocycles. The number of amides is 1. The molecule has 110 valence electrons.